The molecule has 0 saturated heterocycles. The number of anilines is 1. The minimum atomic E-state index is -3.86. The smallest absolute Gasteiger partial charge is 0.347 e. The fourth-order valence-corrected chi connectivity index (χ4v) is 2.86. The highest BCUT2D eigenvalue weighted by molar-refractivity contribution is 7.96. The molecule has 6 heteroatoms. The van der Waals surface area contributed by atoms with Crippen LogP contribution in [0.25, 0.3) is 6.08 Å². The van der Waals surface area contributed by atoms with Crippen LogP contribution in [0.1, 0.15) is 5.56 Å². The number of nitrogens with two attached hydrogens (primary N) is 1. The van der Waals surface area contributed by atoms with Crippen molar-refractivity contribution in [2.45, 2.75) is 4.90 Å². The minimum Gasteiger partial charge on any atom is -0.477 e. The maximum atomic E-state index is 11.6. The third kappa shape index (κ3) is 1.30. The molecule has 1 aliphatic heterocycles. The Balaban J connectivity index is 2.74. The SMILES string of the molecule is Nc1ccc2c(c1)C=C(C(=O)O)S2(=O)=O. The predicted octanol–water partition coefficient (Wildman–Crippen LogP) is 0.482. The predicted molar refractivity (Wildman–Crippen MR) is 53.7 cm³/mol. The number of carbonyl (C=O) groups is 1. The van der Waals surface area contributed by atoms with Gasteiger partial charge in [-0.25, -0.2) is 13.2 Å². The van der Waals surface area contributed by atoms with Crippen LogP contribution in [0.15, 0.2) is 28.0 Å². The van der Waals surface area contributed by atoms with Crippen LogP contribution in [-0.4, -0.2) is 19.5 Å². The highest BCUT2D eigenvalue weighted by Crippen LogP contribution is 2.33. The molecule has 1 aromatic carbocycles. The summed E-state index contributed by atoms with van der Waals surface area (Å²) in [6.07, 6.45) is 1.11. The lowest BCUT2D eigenvalue weighted by Gasteiger charge is -2.00. The number of aliphatic carboxylic acids is 1. The lowest BCUT2D eigenvalue weighted by molar-refractivity contribution is -0.131. The fraction of sp³-hybridized carbons (Fsp3) is 0. The monoisotopic (exact) mass is 225 g/mol. The van der Waals surface area contributed by atoms with E-state index in [1.807, 2.05) is 0 Å². The van der Waals surface area contributed by atoms with Gasteiger partial charge in [-0.3, -0.25) is 0 Å². The van der Waals surface area contributed by atoms with E-state index < -0.39 is 20.7 Å². The number of rotatable bonds is 1. The Bertz CT molecular complexity index is 586. The quantitative estimate of drug-likeness (QED) is 0.677. The first-order chi connectivity index (χ1) is 6.93. The van der Waals surface area contributed by atoms with E-state index in [1.165, 1.54) is 18.2 Å². The minimum absolute atomic E-state index is 0.00546. The van der Waals surface area contributed by atoms with Crippen molar-refractivity contribution in [1.29, 1.82) is 0 Å². The fourth-order valence-electron chi connectivity index (χ4n) is 1.44. The summed E-state index contributed by atoms with van der Waals surface area (Å²) in [6, 6.07) is 4.17. The Morgan fingerprint density at radius 1 is 1.33 bits per heavy atom. The topological polar surface area (TPSA) is 97.5 Å². The molecule has 0 amide bonds. The lowest BCUT2D eigenvalue weighted by Crippen LogP contribution is -2.09. The maximum absolute atomic E-state index is 11.6. The molecule has 1 aliphatic rings. The van der Waals surface area contributed by atoms with E-state index in [1.54, 1.807) is 0 Å². The van der Waals surface area contributed by atoms with Crippen molar-refractivity contribution >= 4 is 27.6 Å². The van der Waals surface area contributed by atoms with Crippen LogP contribution in [0.4, 0.5) is 5.69 Å². The first-order valence-corrected chi connectivity index (χ1v) is 5.51. The summed E-state index contributed by atoms with van der Waals surface area (Å²) in [7, 11) is -3.86. The third-order valence-corrected chi connectivity index (χ3v) is 3.93. The van der Waals surface area contributed by atoms with E-state index in [0.717, 1.165) is 6.08 Å². The number of carboxylic acid groups (broad SMARTS) is 1. The van der Waals surface area contributed by atoms with Gasteiger partial charge in [-0.05, 0) is 29.8 Å². The Morgan fingerprint density at radius 3 is 2.60 bits per heavy atom. The van der Waals surface area contributed by atoms with Gasteiger partial charge in [0.15, 0.2) is 4.91 Å². The maximum Gasteiger partial charge on any atom is 0.347 e. The molecule has 3 N–H and O–H groups in total. The number of nitrogen functional groups attached to an aromatic ring is 1. The first-order valence-electron chi connectivity index (χ1n) is 4.02. The van der Waals surface area contributed by atoms with Gasteiger partial charge in [0.2, 0.25) is 9.84 Å². The Kier molecular flexibility index (Phi) is 1.84. The average molecular weight is 225 g/mol. The van der Waals surface area contributed by atoms with E-state index in [9.17, 15) is 13.2 Å². The van der Waals surface area contributed by atoms with E-state index in [4.69, 9.17) is 10.8 Å². The standard InChI is InChI=1S/C9H7NO4S/c10-6-1-2-7-5(3-6)4-8(9(11)12)15(7,13)14/h1-4H,10H2,(H,11,12). The number of fused-ring (bicyclic) bond motifs is 1. The zero-order valence-electron chi connectivity index (χ0n) is 7.47. The van der Waals surface area contributed by atoms with Crippen molar-refractivity contribution in [3.63, 3.8) is 0 Å². The molecule has 2 rings (SSSR count). The van der Waals surface area contributed by atoms with Gasteiger partial charge >= 0.3 is 5.97 Å². The average Bonchev–Trinajstić information content (AvgIpc) is 2.37. The van der Waals surface area contributed by atoms with Crippen LogP contribution in [0.2, 0.25) is 0 Å². The second-order valence-corrected chi connectivity index (χ2v) is 5.00. The Labute approximate surface area is 85.8 Å². The molecule has 0 aromatic heterocycles. The molecule has 5 nitrogen and oxygen atoms in total. The van der Waals surface area contributed by atoms with E-state index in [2.05, 4.69) is 0 Å². The van der Waals surface area contributed by atoms with Crippen LogP contribution in [0.3, 0.4) is 0 Å². The number of benzene rings is 1. The summed E-state index contributed by atoms with van der Waals surface area (Å²) < 4.78 is 23.3. The lowest BCUT2D eigenvalue weighted by atomic mass is 10.2. The van der Waals surface area contributed by atoms with E-state index in [0.29, 0.717) is 11.3 Å². The van der Waals surface area contributed by atoms with Crippen molar-refractivity contribution < 1.29 is 18.3 Å². The van der Waals surface area contributed by atoms with Crippen LogP contribution < -0.4 is 5.73 Å². The number of hydrogen-bond donors (Lipinski definition) is 2. The van der Waals surface area contributed by atoms with Crippen LogP contribution >= 0.6 is 0 Å². The third-order valence-electron chi connectivity index (χ3n) is 2.11. The van der Waals surface area contributed by atoms with Gasteiger partial charge in [-0.1, -0.05) is 0 Å². The Hall–Kier alpha value is -1.82. The highest BCUT2D eigenvalue weighted by atomic mass is 32.2. The van der Waals surface area contributed by atoms with E-state index in [-0.39, 0.29) is 4.90 Å². The molecule has 0 fully saturated rings. The largest absolute Gasteiger partial charge is 0.477 e. The summed E-state index contributed by atoms with van der Waals surface area (Å²) >= 11 is 0. The van der Waals surface area contributed by atoms with Crippen LogP contribution in [0, 0.1) is 0 Å². The summed E-state index contributed by atoms with van der Waals surface area (Å²) in [5.74, 6) is -1.45. The summed E-state index contributed by atoms with van der Waals surface area (Å²) in [5.41, 5.74) is 6.19. The molecule has 0 atom stereocenters. The van der Waals surface area contributed by atoms with Gasteiger partial charge in [0.05, 0.1) is 4.90 Å². The molecule has 0 bridgehead atoms. The zero-order valence-corrected chi connectivity index (χ0v) is 8.28. The molecule has 0 saturated carbocycles. The van der Waals surface area contributed by atoms with Gasteiger partial charge < -0.3 is 10.8 Å². The summed E-state index contributed by atoms with van der Waals surface area (Å²) in [5, 5.41) is 8.71. The molecular weight excluding hydrogens is 218 g/mol. The van der Waals surface area contributed by atoms with Crippen LogP contribution in [0.5, 0.6) is 0 Å². The summed E-state index contributed by atoms with van der Waals surface area (Å²) in [6.45, 7) is 0. The first kappa shape index (κ1) is 9.72. The second-order valence-electron chi connectivity index (χ2n) is 3.11. The van der Waals surface area contributed by atoms with Gasteiger partial charge in [0.1, 0.15) is 0 Å². The molecule has 0 unspecified atom stereocenters. The molecule has 78 valence electrons. The number of carboxylic acids is 1. The normalized spacial score (nSPS) is 16.9. The van der Waals surface area contributed by atoms with Gasteiger partial charge in [0, 0.05) is 5.69 Å². The molecule has 0 aliphatic carbocycles. The van der Waals surface area contributed by atoms with Crippen molar-refractivity contribution in [3.05, 3.63) is 28.7 Å². The van der Waals surface area contributed by atoms with Gasteiger partial charge in [-0.15, -0.1) is 0 Å². The summed E-state index contributed by atoms with van der Waals surface area (Å²) in [4.78, 5) is 10.1. The van der Waals surface area contributed by atoms with Crippen LogP contribution in [-0.2, 0) is 14.6 Å². The molecular formula is C9H7NO4S. The number of hydrogen-bond acceptors (Lipinski definition) is 4. The molecule has 0 radical (unpaired) electrons. The molecule has 15 heavy (non-hydrogen) atoms. The zero-order chi connectivity index (χ0) is 11.2. The number of sulfone groups is 1. The van der Waals surface area contributed by atoms with Crippen molar-refractivity contribution in [2.75, 3.05) is 5.73 Å². The highest BCUT2D eigenvalue weighted by Gasteiger charge is 2.33. The van der Waals surface area contributed by atoms with Crippen molar-refractivity contribution in [1.82, 2.24) is 0 Å². The van der Waals surface area contributed by atoms with E-state index >= 15 is 0 Å². The van der Waals surface area contributed by atoms with Crippen molar-refractivity contribution in [3.8, 4) is 0 Å². The van der Waals surface area contributed by atoms with Crippen molar-refractivity contribution in [2.24, 2.45) is 0 Å². The Morgan fingerprint density at radius 2 is 2.00 bits per heavy atom. The van der Waals surface area contributed by atoms with Gasteiger partial charge in [-0.2, -0.15) is 0 Å². The molecule has 0 spiro atoms. The molecule has 1 aromatic rings. The van der Waals surface area contributed by atoms with Gasteiger partial charge in [0.25, 0.3) is 0 Å². The molecule has 1 heterocycles. The second kappa shape index (κ2) is 2.83.